The maximum Gasteiger partial charge on any atom is 3.00 e. The molecule has 0 saturated heterocycles. The molecule has 0 radical (unpaired) electrons. The van der Waals surface area contributed by atoms with E-state index in [0.29, 0.717) is 5.56 Å². The minimum atomic E-state index is -2.08. The Kier molecular flexibility index (Phi) is 8.42. The zero-order chi connectivity index (χ0) is 34.1. The van der Waals surface area contributed by atoms with Crippen LogP contribution in [0.15, 0.2) is 126 Å². The van der Waals surface area contributed by atoms with Crippen LogP contribution in [0.5, 0.6) is 0 Å². The van der Waals surface area contributed by atoms with Gasteiger partial charge in [-0.3, -0.25) is 0 Å². The fraction of sp³-hybridized carbons (Fsp3) is 0.146. The Morgan fingerprint density at radius 1 is 0.778 bits per heavy atom. The summed E-state index contributed by atoms with van der Waals surface area (Å²) in [4.78, 5) is 4.47. The van der Waals surface area contributed by atoms with Gasteiger partial charge in [0.1, 0.15) is 5.58 Å². The third kappa shape index (κ3) is 7.26. The zero-order valence-corrected chi connectivity index (χ0v) is 29.1. The second-order valence-corrected chi connectivity index (χ2v) is 16.9. The maximum absolute atomic E-state index is 8.97. The second kappa shape index (κ2) is 13.9. The van der Waals surface area contributed by atoms with Gasteiger partial charge in [0.25, 0.3) is 0 Å². The number of aromatic nitrogens is 1. The molecule has 1 unspecified atom stereocenters. The molecule has 7 rings (SSSR count). The van der Waals surface area contributed by atoms with Crippen molar-refractivity contribution >= 4 is 35.2 Å². The summed E-state index contributed by atoms with van der Waals surface area (Å²) in [7, 11) is -1.34. The van der Waals surface area contributed by atoms with Crippen molar-refractivity contribution < 1.29 is 30.0 Å². The molecule has 1 atom stereocenters. The molecule has 0 saturated carbocycles. The molecule has 0 aliphatic carbocycles. The Morgan fingerprint density at radius 2 is 1.56 bits per heavy atom. The first-order valence-electron chi connectivity index (χ1n) is 16.7. The quantitative estimate of drug-likeness (QED) is 0.128. The van der Waals surface area contributed by atoms with E-state index in [2.05, 4.69) is 55.0 Å². The van der Waals surface area contributed by atoms with E-state index in [9.17, 15) is 0 Å². The number of para-hydroxylation sites is 1. The molecule has 0 bridgehead atoms. The molecule has 224 valence electrons. The van der Waals surface area contributed by atoms with Crippen molar-refractivity contribution in [3.8, 4) is 22.4 Å². The van der Waals surface area contributed by atoms with Gasteiger partial charge in [0.05, 0.1) is 8.07 Å². The summed E-state index contributed by atoms with van der Waals surface area (Å²) in [6.07, 6.45) is 1.92. The summed E-state index contributed by atoms with van der Waals surface area (Å²) in [5, 5.41) is 3.47. The average molecular weight is 783 g/mol. The van der Waals surface area contributed by atoms with Crippen molar-refractivity contribution in [2.45, 2.75) is 39.3 Å². The monoisotopic (exact) mass is 783 g/mol. The van der Waals surface area contributed by atoms with Gasteiger partial charge in [-0.05, 0) is 28.4 Å². The Hall–Kier alpha value is -4.08. The number of hydrogen-bond donors (Lipinski definition) is 0. The van der Waals surface area contributed by atoms with Crippen LogP contribution in [0.4, 0.5) is 0 Å². The summed E-state index contributed by atoms with van der Waals surface area (Å²) in [5.74, 6) is -0.854. The second-order valence-electron chi connectivity index (χ2n) is 11.8. The molecule has 4 heteroatoms. The van der Waals surface area contributed by atoms with E-state index in [1.165, 1.54) is 11.3 Å². The van der Waals surface area contributed by atoms with Crippen LogP contribution in [0.25, 0.3) is 44.3 Å². The van der Waals surface area contributed by atoms with Crippen LogP contribution in [0.2, 0.25) is 19.6 Å². The van der Waals surface area contributed by atoms with Gasteiger partial charge in [0.15, 0.2) is 0 Å². The Balaban J connectivity index is 0.000000199. The number of hydrogen-bond acceptors (Lipinski definition) is 2. The molecule has 2 nitrogen and oxygen atoms in total. The number of rotatable bonds is 5. The third-order valence-electron chi connectivity index (χ3n) is 7.77. The standard InChI is InChI=1S/C26H18O.C15H18NSi.Ir/c1-18(19-9-3-2-4-10-19)20-11-7-12-21(17-20)22-14-8-15-24-23-13-5-6-16-25(23)27-26(22)24;1-12-5-7-13(8-6-12)15-10-9-14(11-16-15)17(2,3)4;/h2-11,13,15-18H,1H3;5-7,9-11H,1-4H3;/q-2;-1;+3/i18D;1D3;. The van der Waals surface area contributed by atoms with Gasteiger partial charge in [-0.1, -0.05) is 99.5 Å². The SMILES string of the molecule is [2H]C(C)(c1ccccc1)c1cc[c-]c(-c2[c-]ccc3c2oc2ccccc23)c1.[2H]C([2H])([2H])c1c[c-]c(-c2ccc([Si](C)(C)C)cn2)cc1.[Ir+3]. The molecule has 0 spiro atoms. The van der Waals surface area contributed by atoms with Crippen LogP contribution >= 0.6 is 0 Å². The van der Waals surface area contributed by atoms with Gasteiger partial charge in [-0.15, -0.1) is 53.1 Å². The summed E-state index contributed by atoms with van der Waals surface area (Å²) < 4.78 is 37.2. The van der Waals surface area contributed by atoms with Crippen LogP contribution in [-0.2, 0) is 20.1 Å². The van der Waals surface area contributed by atoms with Crippen LogP contribution in [0.1, 0.15) is 35.0 Å². The fourth-order valence-electron chi connectivity index (χ4n) is 5.17. The summed E-state index contributed by atoms with van der Waals surface area (Å²) in [5.41, 5.74) is 7.25. The molecule has 5 aromatic carbocycles. The Bertz CT molecular complexity index is 2110. The number of benzene rings is 5. The normalized spacial score (nSPS) is 14.1. The Labute approximate surface area is 287 Å². The Morgan fingerprint density at radius 3 is 2.27 bits per heavy atom. The molecule has 0 amide bonds. The maximum atomic E-state index is 8.97. The first-order chi connectivity index (χ1) is 22.8. The molecule has 0 aliphatic rings. The number of nitrogens with zero attached hydrogens (tertiary/aromatic N) is 1. The average Bonchev–Trinajstić information content (AvgIpc) is 3.47. The van der Waals surface area contributed by atoms with Gasteiger partial charge >= 0.3 is 20.1 Å². The molecular weight excluding hydrogens is 743 g/mol. The van der Waals surface area contributed by atoms with Crippen molar-refractivity contribution in [1.82, 2.24) is 4.98 Å². The topological polar surface area (TPSA) is 26.0 Å². The molecule has 2 aromatic heterocycles. The molecule has 0 aliphatic heterocycles. The minimum absolute atomic E-state index is 0. The van der Waals surface area contributed by atoms with E-state index in [1.807, 2.05) is 98.0 Å². The number of fused-ring (bicyclic) bond motifs is 3. The van der Waals surface area contributed by atoms with Crippen molar-refractivity contribution in [2.75, 3.05) is 0 Å². The summed E-state index contributed by atoms with van der Waals surface area (Å²) >= 11 is 0. The van der Waals surface area contributed by atoms with E-state index in [0.717, 1.165) is 55.4 Å². The predicted octanol–water partition coefficient (Wildman–Crippen LogP) is 10.4. The zero-order valence-electron chi connectivity index (χ0n) is 29.7. The number of aryl methyl sites for hydroxylation is 1. The predicted molar refractivity (Wildman–Crippen MR) is 187 cm³/mol. The van der Waals surface area contributed by atoms with Crippen LogP contribution < -0.4 is 5.19 Å². The molecule has 45 heavy (non-hydrogen) atoms. The van der Waals surface area contributed by atoms with Gasteiger partial charge in [0, 0.05) is 22.6 Å². The molecule has 2 heterocycles. The van der Waals surface area contributed by atoms with Gasteiger partial charge in [-0.25, -0.2) is 5.56 Å². The van der Waals surface area contributed by atoms with Crippen molar-refractivity contribution in [3.63, 3.8) is 0 Å². The van der Waals surface area contributed by atoms with Gasteiger partial charge in [-0.2, -0.15) is 35.9 Å². The van der Waals surface area contributed by atoms with Crippen molar-refractivity contribution in [1.29, 1.82) is 0 Å². The minimum Gasteiger partial charge on any atom is -0.510 e. The summed E-state index contributed by atoms with van der Waals surface area (Å²) in [6, 6.07) is 46.4. The first-order valence-corrected chi connectivity index (χ1v) is 18.2. The molecule has 7 aromatic rings. The van der Waals surface area contributed by atoms with Crippen LogP contribution in [0, 0.1) is 25.1 Å². The van der Waals surface area contributed by atoms with Gasteiger partial charge in [0.2, 0.25) is 0 Å². The smallest absolute Gasteiger partial charge is 0.510 e. The van der Waals surface area contributed by atoms with E-state index in [4.69, 9.17) is 9.90 Å². The van der Waals surface area contributed by atoms with Crippen molar-refractivity contribution in [3.05, 3.63) is 156 Å². The van der Waals surface area contributed by atoms with Crippen LogP contribution in [-0.4, -0.2) is 13.1 Å². The number of furan rings is 1. The van der Waals surface area contributed by atoms with E-state index in [-0.39, 0.29) is 20.1 Å². The van der Waals surface area contributed by atoms with E-state index in [1.54, 1.807) is 12.1 Å². The van der Waals surface area contributed by atoms with E-state index < -0.39 is 20.8 Å². The summed E-state index contributed by atoms with van der Waals surface area (Å²) in [6.45, 7) is 6.68. The largest absolute Gasteiger partial charge is 3.00 e. The van der Waals surface area contributed by atoms with Crippen molar-refractivity contribution in [2.24, 2.45) is 0 Å². The van der Waals surface area contributed by atoms with Gasteiger partial charge < -0.3 is 9.40 Å². The molecule has 0 fully saturated rings. The number of pyridine rings is 1. The third-order valence-corrected chi connectivity index (χ3v) is 9.80. The molecular formula is C41H36IrNOSi. The first kappa shape index (κ1) is 27.2. The fourth-order valence-corrected chi connectivity index (χ4v) is 6.21. The molecule has 0 N–H and O–H groups in total. The van der Waals surface area contributed by atoms with Crippen LogP contribution in [0.3, 0.4) is 0 Å². The van der Waals surface area contributed by atoms with E-state index >= 15 is 0 Å².